The summed E-state index contributed by atoms with van der Waals surface area (Å²) in [5.74, 6) is -4.78. The van der Waals surface area contributed by atoms with Crippen LogP contribution in [0, 0.1) is 0 Å². The van der Waals surface area contributed by atoms with Crippen LogP contribution in [0.4, 0.5) is 28.7 Å². The number of carboxylic acid groups (broad SMARTS) is 2. The van der Waals surface area contributed by atoms with Crippen LogP contribution in [0.5, 0.6) is 0 Å². The lowest BCUT2D eigenvalue weighted by molar-refractivity contribution is -0.141. The van der Waals surface area contributed by atoms with Crippen LogP contribution in [0.25, 0.3) is 22.1 Å². The van der Waals surface area contributed by atoms with Gasteiger partial charge in [-0.1, -0.05) is 21.6 Å². The number of nitrogens with zero attached hydrogens (tertiary/aromatic N) is 3. The van der Waals surface area contributed by atoms with Crippen LogP contribution >= 0.6 is 21.6 Å². The highest BCUT2D eigenvalue weighted by atomic mass is 33.1. The molecule has 3 aromatic carbocycles. The van der Waals surface area contributed by atoms with Gasteiger partial charge in [-0.05, 0) is 111 Å². The fourth-order valence-corrected chi connectivity index (χ4v) is 10.2. The van der Waals surface area contributed by atoms with Crippen molar-refractivity contribution in [3.63, 3.8) is 0 Å². The highest BCUT2D eigenvalue weighted by molar-refractivity contribution is 8.76. The normalized spacial score (nSPS) is 13.8. The van der Waals surface area contributed by atoms with Crippen molar-refractivity contribution >= 4 is 120 Å². The van der Waals surface area contributed by atoms with Crippen molar-refractivity contribution in [2.24, 2.45) is 5.73 Å². The van der Waals surface area contributed by atoms with Crippen molar-refractivity contribution in [2.45, 2.75) is 69.2 Å². The number of fused-ring (bicyclic) bond motifs is 3. The summed E-state index contributed by atoms with van der Waals surface area (Å²) in [6.07, 6.45) is 3.63. The summed E-state index contributed by atoms with van der Waals surface area (Å²) < 4.78 is 0. The molecule has 0 saturated heterocycles. The van der Waals surface area contributed by atoms with E-state index in [-0.39, 0.29) is 85.6 Å². The lowest BCUT2D eigenvalue weighted by atomic mass is 10.1. The van der Waals surface area contributed by atoms with Gasteiger partial charge in [0.15, 0.2) is 17.5 Å². The number of aldehydes is 1. The van der Waals surface area contributed by atoms with Gasteiger partial charge in [0.1, 0.15) is 18.1 Å². The molecule has 0 fully saturated rings. The van der Waals surface area contributed by atoms with Crippen LogP contribution in [0.15, 0.2) is 77.7 Å². The smallest absolute Gasteiger partial charge is 0.327 e. The number of hydrogen-bond acceptors (Lipinski definition) is 19. The number of rotatable bonds is 29. The van der Waals surface area contributed by atoms with E-state index >= 15 is 0 Å². The van der Waals surface area contributed by atoms with E-state index in [0.717, 1.165) is 39.2 Å². The van der Waals surface area contributed by atoms with E-state index < -0.39 is 65.9 Å². The number of aromatic amines is 2. The van der Waals surface area contributed by atoms with Gasteiger partial charge in [0, 0.05) is 63.6 Å². The molecule has 1 aliphatic rings. The van der Waals surface area contributed by atoms with Crippen molar-refractivity contribution in [3.05, 3.63) is 106 Å². The second kappa shape index (κ2) is 27.4. The Morgan fingerprint density at radius 1 is 0.821 bits per heavy atom. The molecular formula is C50H57N15O11S2. The minimum absolute atomic E-state index is 0.0133. The molecule has 0 bridgehead atoms. The van der Waals surface area contributed by atoms with Crippen molar-refractivity contribution in [1.29, 1.82) is 0 Å². The van der Waals surface area contributed by atoms with Crippen molar-refractivity contribution < 1.29 is 48.6 Å². The number of benzene rings is 3. The topological polar surface area (TPSA) is 413 Å². The number of nitrogens with two attached hydrogens (primary N) is 2. The van der Waals surface area contributed by atoms with Gasteiger partial charge in [-0.25, -0.2) is 19.6 Å². The van der Waals surface area contributed by atoms with Crippen LogP contribution in [0.3, 0.4) is 0 Å². The first-order valence-corrected chi connectivity index (χ1v) is 27.0. The Bertz CT molecular complexity index is 3250. The van der Waals surface area contributed by atoms with E-state index in [4.69, 9.17) is 11.5 Å². The largest absolute Gasteiger partial charge is 0.480 e. The molecule has 78 heavy (non-hydrogen) atoms. The summed E-state index contributed by atoms with van der Waals surface area (Å²) in [4.78, 5) is 130. The van der Waals surface area contributed by atoms with Crippen molar-refractivity contribution in [1.82, 2.24) is 46.2 Å². The number of carbonyl (C=O) groups is 8. The number of H-pyrrole nitrogens is 2. The van der Waals surface area contributed by atoms with Gasteiger partial charge in [-0.2, -0.15) is 4.98 Å². The van der Waals surface area contributed by atoms with Crippen LogP contribution < -0.4 is 59.6 Å². The molecule has 410 valence electrons. The van der Waals surface area contributed by atoms with Gasteiger partial charge in [0.25, 0.3) is 11.5 Å². The van der Waals surface area contributed by atoms with E-state index in [1.807, 2.05) is 0 Å². The second-order valence-corrected chi connectivity index (χ2v) is 20.5. The summed E-state index contributed by atoms with van der Waals surface area (Å²) >= 11 is 0. The van der Waals surface area contributed by atoms with Crippen LogP contribution in [-0.2, 0) is 41.7 Å². The maximum Gasteiger partial charge on any atom is 0.327 e. The first kappa shape index (κ1) is 57.1. The third-order valence-corrected chi connectivity index (χ3v) is 14.5. The number of anilines is 5. The average Bonchev–Trinajstić information content (AvgIpc) is 4.06. The van der Waals surface area contributed by atoms with E-state index in [9.17, 15) is 53.4 Å². The maximum absolute atomic E-state index is 13.2. The van der Waals surface area contributed by atoms with E-state index in [2.05, 4.69) is 67.5 Å². The Morgan fingerprint density at radius 2 is 1.56 bits per heavy atom. The molecule has 4 unspecified atom stereocenters. The number of carboxylic acids is 2. The van der Waals surface area contributed by atoms with Crippen molar-refractivity contribution in [2.75, 3.05) is 58.1 Å². The number of nitrogens with one attached hydrogen (secondary N) is 10. The minimum atomic E-state index is -1.30. The standard InChI is InChI=1S/C50H57N15O11S2/c51-14-1-3-36(53-15-2-4-37(48(73)74)63-44(69)26-5-7-29(8-6-26)54-21-33-22-55-43-42(59-33)47(72)65-50(52)64-43)45(70)56-23-41(68)62-39(49(75)76)25-78-77-16-13-40(67)58-30-9-12-35-28(18-30)20-38(61-35)46(71)60-31-10-11-34-27(17-31)19-32(24-66)57-34/h5-12,17-19,22,24,36-39,53-54,57,61H,1-4,13-16,20-21,23,25,51H2,(H,56,70)(H,58,67)(H,60,71)(H,62,68)(H,63,69)(H,73,74)(H,75,76)(H3,52,55,64,65,72). The molecule has 4 atom stereocenters. The monoisotopic (exact) mass is 1110 g/mol. The molecule has 6 aromatic rings. The second-order valence-electron chi connectivity index (χ2n) is 17.8. The molecule has 3 aromatic heterocycles. The Kier molecular flexibility index (Phi) is 20.1. The molecule has 1 aliphatic heterocycles. The van der Waals surface area contributed by atoms with Gasteiger partial charge in [0.05, 0.1) is 36.7 Å². The summed E-state index contributed by atoms with van der Waals surface area (Å²) in [6, 6.07) is 14.6. The maximum atomic E-state index is 13.2. The highest BCUT2D eigenvalue weighted by Gasteiger charge is 2.28. The molecule has 5 amide bonds. The zero-order valence-electron chi connectivity index (χ0n) is 41.7. The Balaban J connectivity index is 0.767. The molecule has 26 nitrogen and oxygen atoms in total. The van der Waals surface area contributed by atoms with Crippen molar-refractivity contribution in [3.8, 4) is 0 Å². The zero-order valence-corrected chi connectivity index (χ0v) is 43.3. The zero-order chi connectivity index (χ0) is 55.7. The third kappa shape index (κ3) is 16.2. The van der Waals surface area contributed by atoms with E-state index in [1.54, 1.807) is 54.6 Å². The van der Waals surface area contributed by atoms with Gasteiger partial charge in [-0.3, -0.25) is 38.5 Å². The van der Waals surface area contributed by atoms with Gasteiger partial charge >= 0.3 is 11.9 Å². The van der Waals surface area contributed by atoms with Gasteiger partial charge in [0.2, 0.25) is 29.6 Å². The van der Waals surface area contributed by atoms with Crippen LogP contribution in [0.1, 0.15) is 64.2 Å². The first-order chi connectivity index (χ1) is 37.5. The molecule has 28 heteroatoms. The molecule has 7 rings (SSSR count). The summed E-state index contributed by atoms with van der Waals surface area (Å²) in [7, 11) is 2.40. The number of hydrogen-bond donors (Lipinski definition) is 14. The molecular weight excluding hydrogens is 1050 g/mol. The van der Waals surface area contributed by atoms with Crippen LogP contribution in [-0.4, -0.2) is 138 Å². The first-order valence-electron chi connectivity index (χ1n) is 24.5. The SMILES string of the molecule is NCCCC(NCCCC(NC(=O)c1ccc(NCc2cnc3nc(N)[nH]c(=O)c3n2)cc1)C(=O)O)C(=O)NCC(=O)NC(CSSCCC(=O)Nc1ccc2c(c1)CC(C(=O)Nc1ccc3[nH]c(C=O)cc3c1)N2)C(=O)O. The Hall–Kier alpha value is -8.60. The highest BCUT2D eigenvalue weighted by Crippen LogP contribution is 2.30. The molecule has 0 saturated carbocycles. The fraction of sp³-hybridized carbons (Fsp3) is 0.320. The molecule has 0 aliphatic carbocycles. The summed E-state index contributed by atoms with van der Waals surface area (Å²) in [5.41, 5.74) is 16.0. The predicted octanol–water partition coefficient (Wildman–Crippen LogP) is 1.93. The molecule has 0 radical (unpaired) electrons. The lowest BCUT2D eigenvalue weighted by Crippen LogP contribution is -2.50. The summed E-state index contributed by atoms with van der Waals surface area (Å²) in [6.45, 7) is 0.101. The van der Waals surface area contributed by atoms with Gasteiger partial charge < -0.3 is 69.2 Å². The fourth-order valence-electron chi connectivity index (χ4n) is 8.08. The molecule has 4 heterocycles. The lowest BCUT2D eigenvalue weighted by Gasteiger charge is -2.20. The van der Waals surface area contributed by atoms with E-state index in [1.165, 1.54) is 29.1 Å². The Morgan fingerprint density at radius 3 is 2.32 bits per heavy atom. The van der Waals surface area contributed by atoms with E-state index in [0.29, 0.717) is 47.0 Å². The number of aliphatic carboxylic acids is 2. The van der Waals surface area contributed by atoms with Gasteiger partial charge in [-0.15, -0.1) is 0 Å². The minimum Gasteiger partial charge on any atom is -0.480 e. The number of nitrogen functional groups attached to an aromatic ring is 1. The number of aromatic nitrogens is 5. The third-order valence-electron chi connectivity index (χ3n) is 12.1. The quantitative estimate of drug-likeness (QED) is 0.0181. The van der Waals surface area contributed by atoms with Crippen LogP contribution in [0.2, 0.25) is 0 Å². The number of amides is 5. The molecule has 16 N–H and O–H groups in total. The summed E-state index contributed by atoms with van der Waals surface area (Å²) in [5, 5.41) is 43.0. The number of carbonyl (C=O) groups excluding carboxylic acids is 6. The molecule has 0 spiro atoms. The average molecular weight is 1110 g/mol. The predicted molar refractivity (Wildman–Crippen MR) is 295 cm³/mol. The Labute approximate surface area is 452 Å².